The van der Waals surface area contributed by atoms with Crippen molar-refractivity contribution in [2.45, 2.75) is 25.4 Å². The topological polar surface area (TPSA) is 118 Å². The van der Waals surface area contributed by atoms with Crippen LogP contribution >= 0.6 is 11.6 Å². The van der Waals surface area contributed by atoms with E-state index in [2.05, 4.69) is 11.4 Å². The number of likely N-dealkylation sites (tertiary alicyclic amines) is 1. The molecule has 8 nitrogen and oxygen atoms in total. The number of piperidine rings is 1. The van der Waals surface area contributed by atoms with Gasteiger partial charge in [0.1, 0.15) is 17.3 Å². The van der Waals surface area contributed by atoms with Crippen LogP contribution in [-0.4, -0.2) is 49.1 Å². The number of benzene rings is 2. The third-order valence-corrected chi connectivity index (χ3v) is 6.45. The maximum absolute atomic E-state index is 13.2. The van der Waals surface area contributed by atoms with Crippen LogP contribution in [0.3, 0.4) is 0 Å². The Bertz CT molecular complexity index is 1130. The Kier molecular flexibility index (Phi) is 6.80. The van der Waals surface area contributed by atoms with Crippen molar-refractivity contribution in [1.29, 1.82) is 5.26 Å². The van der Waals surface area contributed by atoms with Gasteiger partial charge in [-0.25, -0.2) is 4.39 Å². The molecule has 178 valence electrons. The van der Waals surface area contributed by atoms with Crippen molar-refractivity contribution in [3.8, 4) is 17.6 Å². The first-order chi connectivity index (χ1) is 16.3. The molecule has 1 fully saturated rings. The molecule has 0 aromatic heterocycles. The second kappa shape index (κ2) is 9.77. The molecule has 2 aromatic carbocycles. The Morgan fingerprint density at radius 2 is 2.00 bits per heavy atom. The van der Waals surface area contributed by atoms with Gasteiger partial charge in [-0.05, 0) is 43.0 Å². The zero-order chi connectivity index (χ0) is 24.3. The number of hydrogen-bond acceptors (Lipinski definition) is 6. The molecule has 34 heavy (non-hydrogen) atoms. The fourth-order valence-corrected chi connectivity index (χ4v) is 4.46. The van der Waals surface area contributed by atoms with Crippen molar-refractivity contribution in [1.82, 2.24) is 4.90 Å². The predicted octanol–water partition coefficient (Wildman–Crippen LogP) is 2.89. The largest absolute Gasteiger partial charge is 0.482 e. The molecular formula is C24H24ClFN4O4. The molecule has 0 bridgehead atoms. The highest BCUT2D eigenvalue weighted by Gasteiger charge is 2.39. The van der Waals surface area contributed by atoms with Crippen LogP contribution in [0, 0.1) is 22.6 Å². The van der Waals surface area contributed by atoms with Gasteiger partial charge >= 0.3 is 0 Å². The molecule has 10 heteroatoms. The van der Waals surface area contributed by atoms with Crippen molar-refractivity contribution < 1.29 is 23.5 Å². The van der Waals surface area contributed by atoms with Gasteiger partial charge in [-0.2, -0.15) is 5.26 Å². The van der Waals surface area contributed by atoms with Gasteiger partial charge in [0.15, 0.2) is 12.7 Å². The van der Waals surface area contributed by atoms with Crippen molar-refractivity contribution in [3.05, 3.63) is 52.8 Å². The Labute approximate surface area is 201 Å². The van der Waals surface area contributed by atoms with E-state index >= 15 is 0 Å². The number of anilines is 1. The number of nitrogens with one attached hydrogen (secondary N) is 1. The lowest BCUT2D eigenvalue weighted by Crippen LogP contribution is -2.51. The van der Waals surface area contributed by atoms with E-state index < -0.39 is 17.4 Å². The normalized spacial score (nSPS) is 18.6. The highest BCUT2D eigenvalue weighted by Crippen LogP contribution is 2.39. The summed E-state index contributed by atoms with van der Waals surface area (Å²) in [6, 6.07) is 11.7. The first kappa shape index (κ1) is 23.6. The standard InChI is InChI=1S/C24H24ClFN4O4/c25-17-9-18-20(10-19(17)33-13-22(28)31)34-21(12-29-18)23(32)30-7-5-24(14-27,6-8-30)11-15-1-3-16(26)4-2-15/h1-4,9-10,21,29H,5-8,11-13H2,(H2,28,31). The summed E-state index contributed by atoms with van der Waals surface area (Å²) in [7, 11) is 0. The summed E-state index contributed by atoms with van der Waals surface area (Å²) in [6.45, 7) is 0.779. The molecule has 1 atom stereocenters. The number of primary amides is 1. The van der Waals surface area contributed by atoms with Crippen LogP contribution in [0.25, 0.3) is 0 Å². The van der Waals surface area contributed by atoms with Crippen LogP contribution in [0.2, 0.25) is 5.02 Å². The Morgan fingerprint density at radius 3 is 2.65 bits per heavy atom. The molecular weight excluding hydrogens is 463 g/mol. The summed E-state index contributed by atoms with van der Waals surface area (Å²) in [5.41, 5.74) is 6.02. The quantitative estimate of drug-likeness (QED) is 0.648. The molecule has 0 aliphatic carbocycles. The minimum Gasteiger partial charge on any atom is -0.482 e. The molecule has 0 spiro atoms. The second-order valence-corrected chi connectivity index (χ2v) is 8.95. The van der Waals surface area contributed by atoms with E-state index in [0.717, 1.165) is 5.56 Å². The molecule has 2 aromatic rings. The Morgan fingerprint density at radius 1 is 1.29 bits per heavy atom. The minimum atomic E-state index is -0.760. The predicted molar refractivity (Wildman–Crippen MR) is 123 cm³/mol. The minimum absolute atomic E-state index is 0.180. The first-order valence-corrected chi connectivity index (χ1v) is 11.3. The number of carbonyl (C=O) groups is 2. The molecule has 1 saturated heterocycles. The lowest BCUT2D eigenvalue weighted by molar-refractivity contribution is -0.140. The van der Waals surface area contributed by atoms with Gasteiger partial charge < -0.3 is 25.4 Å². The molecule has 2 amide bonds. The Hall–Kier alpha value is -3.51. The number of halogens is 2. The number of fused-ring (bicyclic) bond motifs is 1. The number of rotatable bonds is 6. The average Bonchev–Trinajstić information content (AvgIpc) is 2.84. The van der Waals surface area contributed by atoms with Crippen LogP contribution in [-0.2, 0) is 16.0 Å². The van der Waals surface area contributed by atoms with Crippen LogP contribution < -0.4 is 20.5 Å². The van der Waals surface area contributed by atoms with Gasteiger partial charge in [0.2, 0.25) is 0 Å². The smallest absolute Gasteiger partial charge is 0.265 e. The summed E-state index contributed by atoms with van der Waals surface area (Å²) in [6.07, 6.45) is 0.785. The first-order valence-electron chi connectivity index (χ1n) is 10.9. The van der Waals surface area contributed by atoms with Crippen LogP contribution in [0.5, 0.6) is 11.5 Å². The fraction of sp³-hybridized carbons (Fsp3) is 0.375. The number of nitrogens with zero attached hydrogens (tertiary/aromatic N) is 2. The molecule has 2 heterocycles. The van der Waals surface area contributed by atoms with Gasteiger partial charge in [0, 0.05) is 19.2 Å². The van der Waals surface area contributed by atoms with Gasteiger partial charge in [0.05, 0.1) is 28.7 Å². The SMILES string of the molecule is N#CC1(Cc2ccc(F)cc2)CCN(C(=O)C2CNc3cc(Cl)c(OCC(N)=O)cc3O2)CC1. The third-order valence-electron chi connectivity index (χ3n) is 6.15. The zero-order valence-electron chi connectivity index (χ0n) is 18.4. The van der Waals surface area contributed by atoms with E-state index in [1.165, 1.54) is 18.2 Å². The molecule has 0 radical (unpaired) electrons. The summed E-state index contributed by atoms with van der Waals surface area (Å²) >= 11 is 6.18. The molecule has 3 N–H and O–H groups in total. The number of ether oxygens (including phenoxy) is 2. The zero-order valence-corrected chi connectivity index (χ0v) is 19.1. The fourth-order valence-electron chi connectivity index (χ4n) is 4.25. The van der Waals surface area contributed by atoms with Crippen LogP contribution in [0.15, 0.2) is 36.4 Å². The van der Waals surface area contributed by atoms with Crippen molar-refractivity contribution >= 4 is 29.1 Å². The summed E-state index contributed by atoms with van der Waals surface area (Å²) in [5.74, 6) is -0.522. The van der Waals surface area contributed by atoms with Gasteiger partial charge in [0.25, 0.3) is 11.8 Å². The summed E-state index contributed by atoms with van der Waals surface area (Å²) < 4.78 is 24.4. The second-order valence-electron chi connectivity index (χ2n) is 8.54. The van der Waals surface area contributed by atoms with E-state index in [1.807, 2.05) is 0 Å². The van der Waals surface area contributed by atoms with E-state index in [1.54, 1.807) is 23.1 Å². The molecule has 2 aliphatic rings. The highest BCUT2D eigenvalue weighted by atomic mass is 35.5. The molecule has 4 rings (SSSR count). The van der Waals surface area contributed by atoms with Crippen molar-refractivity contribution in [3.63, 3.8) is 0 Å². The number of hydrogen-bond donors (Lipinski definition) is 2. The molecule has 1 unspecified atom stereocenters. The number of amides is 2. The highest BCUT2D eigenvalue weighted by molar-refractivity contribution is 6.32. The average molecular weight is 487 g/mol. The number of carbonyl (C=O) groups excluding carboxylic acids is 2. The summed E-state index contributed by atoms with van der Waals surface area (Å²) in [4.78, 5) is 25.8. The summed E-state index contributed by atoms with van der Waals surface area (Å²) in [5, 5.41) is 13.3. The van der Waals surface area contributed by atoms with Crippen molar-refractivity contribution in [2.24, 2.45) is 11.1 Å². The monoisotopic (exact) mass is 486 g/mol. The maximum Gasteiger partial charge on any atom is 0.265 e. The van der Waals surface area contributed by atoms with Gasteiger partial charge in [-0.1, -0.05) is 23.7 Å². The van der Waals surface area contributed by atoms with Crippen molar-refractivity contribution in [2.75, 3.05) is 31.6 Å². The molecule has 0 saturated carbocycles. The van der Waals surface area contributed by atoms with Gasteiger partial charge in [-0.15, -0.1) is 0 Å². The third kappa shape index (κ3) is 5.18. The van der Waals surface area contributed by atoms with Gasteiger partial charge in [-0.3, -0.25) is 9.59 Å². The number of nitrogens with two attached hydrogens (primary N) is 1. The van der Waals surface area contributed by atoms with E-state index in [-0.39, 0.29) is 35.6 Å². The number of nitriles is 1. The lowest BCUT2D eigenvalue weighted by Gasteiger charge is -2.39. The van der Waals surface area contributed by atoms with E-state index in [4.69, 9.17) is 26.8 Å². The van der Waals surface area contributed by atoms with Crippen LogP contribution in [0.1, 0.15) is 18.4 Å². The van der Waals surface area contributed by atoms with E-state index in [0.29, 0.717) is 43.8 Å². The maximum atomic E-state index is 13.2. The van der Waals surface area contributed by atoms with E-state index in [9.17, 15) is 19.2 Å². The van der Waals surface area contributed by atoms with Crippen LogP contribution in [0.4, 0.5) is 10.1 Å². The Balaban J connectivity index is 1.39. The molecule has 2 aliphatic heterocycles. The lowest BCUT2D eigenvalue weighted by atomic mass is 9.75.